The van der Waals surface area contributed by atoms with E-state index in [9.17, 15) is 13.2 Å². The van der Waals surface area contributed by atoms with Crippen molar-refractivity contribution in [1.82, 2.24) is 4.72 Å². The van der Waals surface area contributed by atoms with Gasteiger partial charge in [-0.05, 0) is 36.8 Å². The molecule has 0 saturated heterocycles. The summed E-state index contributed by atoms with van der Waals surface area (Å²) in [6.45, 7) is 2.20. The van der Waals surface area contributed by atoms with E-state index in [0.717, 1.165) is 5.56 Å². The Morgan fingerprint density at radius 3 is 2.58 bits per heavy atom. The summed E-state index contributed by atoms with van der Waals surface area (Å²) in [5.41, 5.74) is 1.37. The maximum absolute atomic E-state index is 12.4. The summed E-state index contributed by atoms with van der Waals surface area (Å²) in [7, 11) is -3.87. The van der Waals surface area contributed by atoms with Crippen LogP contribution in [0.5, 0.6) is 11.5 Å². The topological polar surface area (TPSA) is 93.7 Å². The molecule has 1 aliphatic heterocycles. The largest absolute Gasteiger partial charge is 0.486 e. The molecule has 26 heavy (non-hydrogen) atoms. The first-order chi connectivity index (χ1) is 12.3. The predicted octanol–water partition coefficient (Wildman–Crippen LogP) is 2.34. The van der Waals surface area contributed by atoms with Gasteiger partial charge in [-0.1, -0.05) is 17.7 Å². The van der Waals surface area contributed by atoms with Gasteiger partial charge in [0.2, 0.25) is 15.9 Å². The minimum absolute atomic E-state index is 0.00655. The number of amides is 1. The number of benzene rings is 2. The van der Waals surface area contributed by atoms with Gasteiger partial charge in [0.05, 0.1) is 11.4 Å². The monoisotopic (exact) mass is 396 g/mol. The zero-order valence-corrected chi connectivity index (χ0v) is 15.5. The number of ether oxygens (including phenoxy) is 2. The number of carbonyl (C=O) groups excluding carboxylic acids is 1. The molecule has 2 N–H and O–H groups in total. The van der Waals surface area contributed by atoms with Gasteiger partial charge in [0, 0.05) is 16.8 Å². The van der Waals surface area contributed by atoms with Gasteiger partial charge in [0.15, 0.2) is 11.5 Å². The van der Waals surface area contributed by atoms with Crippen LogP contribution in [0, 0.1) is 6.92 Å². The predicted molar refractivity (Wildman–Crippen MR) is 97.4 cm³/mol. The normalized spacial score (nSPS) is 13.3. The minimum atomic E-state index is -3.87. The highest BCUT2D eigenvalue weighted by Crippen LogP contribution is 2.32. The molecule has 2 aromatic rings. The van der Waals surface area contributed by atoms with Gasteiger partial charge in [-0.15, -0.1) is 0 Å². The molecule has 0 aromatic heterocycles. The van der Waals surface area contributed by atoms with Crippen LogP contribution in [0.1, 0.15) is 5.56 Å². The molecule has 1 amide bonds. The standard InChI is InChI=1S/C17H17ClN2O5S/c1-11-2-3-12(8-14(11)18)20-17(21)10-19-26(22,23)13-4-5-15-16(9-13)25-7-6-24-15/h2-5,8-9,19H,6-7,10H2,1H3,(H,20,21). The molecule has 2 aromatic carbocycles. The Hall–Kier alpha value is -2.29. The molecule has 0 atom stereocenters. The average molecular weight is 397 g/mol. The average Bonchev–Trinajstić information content (AvgIpc) is 2.63. The molecule has 7 nitrogen and oxygen atoms in total. The van der Waals surface area contributed by atoms with Crippen LogP contribution in [0.2, 0.25) is 5.02 Å². The molecule has 0 aliphatic carbocycles. The summed E-state index contributed by atoms with van der Waals surface area (Å²) in [5.74, 6) is 0.341. The summed E-state index contributed by atoms with van der Waals surface area (Å²) >= 11 is 6.00. The molecule has 3 rings (SSSR count). The lowest BCUT2D eigenvalue weighted by Gasteiger charge is -2.18. The molecule has 0 spiro atoms. The van der Waals surface area contributed by atoms with Gasteiger partial charge in [0.1, 0.15) is 13.2 Å². The van der Waals surface area contributed by atoms with E-state index >= 15 is 0 Å². The summed E-state index contributed by atoms with van der Waals surface area (Å²) in [6, 6.07) is 9.34. The van der Waals surface area contributed by atoms with Gasteiger partial charge in [-0.2, -0.15) is 0 Å². The van der Waals surface area contributed by atoms with Crippen molar-refractivity contribution in [3.63, 3.8) is 0 Å². The third kappa shape index (κ3) is 4.27. The lowest BCUT2D eigenvalue weighted by molar-refractivity contribution is -0.115. The first-order valence-corrected chi connectivity index (χ1v) is 9.66. The number of anilines is 1. The minimum Gasteiger partial charge on any atom is -0.486 e. The zero-order valence-electron chi connectivity index (χ0n) is 13.9. The molecule has 0 radical (unpaired) electrons. The van der Waals surface area contributed by atoms with Gasteiger partial charge in [0.25, 0.3) is 0 Å². The zero-order chi connectivity index (χ0) is 18.7. The van der Waals surface area contributed by atoms with Crippen molar-refractivity contribution < 1.29 is 22.7 Å². The van der Waals surface area contributed by atoms with Gasteiger partial charge in [-0.25, -0.2) is 13.1 Å². The van der Waals surface area contributed by atoms with Crippen molar-refractivity contribution in [2.24, 2.45) is 0 Å². The second kappa shape index (κ2) is 7.53. The van der Waals surface area contributed by atoms with Crippen molar-refractivity contribution in [2.45, 2.75) is 11.8 Å². The fourth-order valence-electron chi connectivity index (χ4n) is 2.31. The number of sulfonamides is 1. The van der Waals surface area contributed by atoms with E-state index in [1.807, 2.05) is 6.92 Å². The molecule has 9 heteroatoms. The molecule has 0 bridgehead atoms. The highest BCUT2D eigenvalue weighted by Gasteiger charge is 2.20. The highest BCUT2D eigenvalue weighted by molar-refractivity contribution is 7.89. The van der Waals surface area contributed by atoms with Crippen LogP contribution in [0.15, 0.2) is 41.3 Å². The third-order valence-corrected chi connectivity index (χ3v) is 5.51. The third-order valence-electron chi connectivity index (χ3n) is 3.70. The lowest BCUT2D eigenvalue weighted by atomic mass is 10.2. The number of carbonyl (C=O) groups is 1. The number of rotatable bonds is 5. The summed E-state index contributed by atoms with van der Waals surface area (Å²) in [4.78, 5) is 12.0. The lowest BCUT2D eigenvalue weighted by Crippen LogP contribution is -2.33. The second-order valence-corrected chi connectivity index (χ2v) is 7.82. The van der Waals surface area contributed by atoms with E-state index in [2.05, 4.69) is 10.0 Å². The maximum Gasteiger partial charge on any atom is 0.241 e. The highest BCUT2D eigenvalue weighted by atomic mass is 35.5. The maximum atomic E-state index is 12.4. The number of hydrogen-bond acceptors (Lipinski definition) is 5. The van der Waals surface area contributed by atoms with Crippen molar-refractivity contribution in [3.05, 3.63) is 47.0 Å². The van der Waals surface area contributed by atoms with Crippen LogP contribution >= 0.6 is 11.6 Å². The van der Waals surface area contributed by atoms with Crippen LogP contribution in [0.3, 0.4) is 0 Å². The van der Waals surface area contributed by atoms with E-state index in [-0.39, 0.29) is 4.90 Å². The van der Waals surface area contributed by atoms with Crippen molar-refractivity contribution in [2.75, 3.05) is 25.1 Å². The van der Waals surface area contributed by atoms with E-state index in [1.54, 1.807) is 18.2 Å². The van der Waals surface area contributed by atoms with Gasteiger partial charge < -0.3 is 14.8 Å². The van der Waals surface area contributed by atoms with Gasteiger partial charge >= 0.3 is 0 Å². The Labute approximate surface area is 156 Å². The van der Waals surface area contributed by atoms with E-state index in [0.29, 0.717) is 35.4 Å². The van der Waals surface area contributed by atoms with E-state index < -0.39 is 22.5 Å². The Morgan fingerprint density at radius 2 is 1.85 bits per heavy atom. The van der Waals surface area contributed by atoms with Crippen LogP contribution in [-0.4, -0.2) is 34.1 Å². The van der Waals surface area contributed by atoms with Crippen LogP contribution in [0.25, 0.3) is 0 Å². The first-order valence-electron chi connectivity index (χ1n) is 7.80. The molecule has 1 aliphatic rings. The molecule has 0 saturated carbocycles. The number of halogens is 1. The quantitative estimate of drug-likeness (QED) is 0.809. The molecule has 138 valence electrons. The summed E-state index contributed by atoms with van der Waals surface area (Å²) in [5, 5.41) is 3.10. The second-order valence-electron chi connectivity index (χ2n) is 5.64. The van der Waals surface area contributed by atoms with Gasteiger partial charge in [-0.3, -0.25) is 4.79 Å². The van der Waals surface area contributed by atoms with E-state index in [1.165, 1.54) is 18.2 Å². The van der Waals surface area contributed by atoms with Crippen LogP contribution < -0.4 is 19.5 Å². The first kappa shape index (κ1) is 18.5. The van der Waals surface area contributed by atoms with Crippen LogP contribution in [0.4, 0.5) is 5.69 Å². The molecular formula is C17H17ClN2O5S. The van der Waals surface area contributed by atoms with Crippen molar-refractivity contribution in [1.29, 1.82) is 0 Å². The molecular weight excluding hydrogens is 380 g/mol. The summed E-state index contributed by atoms with van der Waals surface area (Å²) in [6.07, 6.45) is 0. The fourth-order valence-corrected chi connectivity index (χ4v) is 3.49. The number of aryl methyl sites for hydroxylation is 1. The number of nitrogens with one attached hydrogen (secondary N) is 2. The Bertz CT molecular complexity index is 946. The summed E-state index contributed by atoms with van der Waals surface area (Å²) < 4.78 is 37.7. The Morgan fingerprint density at radius 1 is 1.12 bits per heavy atom. The van der Waals surface area contributed by atoms with Crippen LogP contribution in [-0.2, 0) is 14.8 Å². The van der Waals surface area contributed by atoms with Crippen molar-refractivity contribution >= 4 is 33.2 Å². The Balaban J connectivity index is 1.64. The fraction of sp³-hybridized carbons (Fsp3) is 0.235. The molecule has 1 heterocycles. The van der Waals surface area contributed by atoms with Crippen molar-refractivity contribution in [3.8, 4) is 11.5 Å². The van der Waals surface area contributed by atoms with E-state index in [4.69, 9.17) is 21.1 Å². The number of hydrogen-bond donors (Lipinski definition) is 2. The Kier molecular flexibility index (Phi) is 5.36. The molecule has 0 unspecified atom stereocenters. The number of fused-ring (bicyclic) bond motifs is 1. The SMILES string of the molecule is Cc1ccc(NC(=O)CNS(=O)(=O)c2ccc3c(c2)OCCO3)cc1Cl. The smallest absolute Gasteiger partial charge is 0.241 e. The molecule has 0 fully saturated rings.